The van der Waals surface area contributed by atoms with Crippen molar-refractivity contribution >= 4 is 0 Å². The van der Waals surface area contributed by atoms with Crippen LogP contribution in [0.4, 0.5) is 0 Å². The summed E-state index contributed by atoms with van der Waals surface area (Å²) in [5, 5.41) is 9.50. The van der Waals surface area contributed by atoms with Gasteiger partial charge in [-0.1, -0.05) is 13.8 Å². The summed E-state index contributed by atoms with van der Waals surface area (Å²) in [6, 6.07) is 0.535. The second-order valence-electron chi connectivity index (χ2n) is 6.96. The van der Waals surface area contributed by atoms with E-state index in [1.807, 2.05) is 0 Å². The van der Waals surface area contributed by atoms with Crippen LogP contribution in [0, 0.1) is 5.92 Å². The van der Waals surface area contributed by atoms with Crippen LogP contribution >= 0.6 is 0 Å². The quantitative estimate of drug-likeness (QED) is 0.729. The molecular weight excluding hydrogens is 238 g/mol. The first-order valence-electron chi connectivity index (χ1n) is 7.65. The molecule has 0 aromatic rings. The van der Waals surface area contributed by atoms with Crippen LogP contribution < -0.4 is 5.73 Å². The van der Waals surface area contributed by atoms with Crippen molar-refractivity contribution in [2.24, 2.45) is 11.7 Å². The van der Waals surface area contributed by atoms with Gasteiger partial charge >= 0.3 is 0 Å². The minimum absolute atomic E-state index is 0.118. The van der Waals surface area contributed by atoms with E-state index in [1.54, 1.807) is 0 Å². The molecule has 1 aliphatic carbocycles. The van der Waals surface area contributed by atoms with E-state index in [4.69, 9.17) is 5.73 Å². The van der Waals surface area contributed by atoms with Gasteiger partial charge in [-0.15, -0.1) is 0 Å². The maximum absolute atomic E-state index is 9.50. The fourth-order valence-corrected chi connectivity index (χ4v) is 3.04. The average molecular weight is 271 g/mol. The van der Waals surface area contributed by atoms with Crippen molar-refractivity contribution in [2.75, 3.05) is 40.3 Å². The molecule has 1 aliphatic rings. The van der Waals surface area contributed by atoms with Crippen molar-refractivity contribution in [3.05, 3.63) is 0 Å². The molecule has 0 bridgehead atoms. The normalized spacial score (nSPS) is 28.6. The van der Waals surface area contributed by atoms with Crippen LogP contribution in [0.15, 0.2) is 0 Å². The Labute approximate surface area is 118 Å². The van der Waals surface area contributed by atoms with Gasteiger partial charge in [-0.3, -0.25) is 4.90 Å². The summed E-state index contributed by atoms with van der Waals surface area (Å²) in [6.07, 6.45) is 4.25. The van der Waals surface area contributed by atoms with Gasteiger partial charge in [0.05, 0.1) is 6.61 Å². The van der Waals surface area contributed by atoms with Crippen molar-refractivity contribution in [1.29, 1.82) is 0 Å². The average Bonchev–Trinajstić information content (AvgIpc) is 2.34. The van der Waals surface area contributed by atoms with Crippen molar-refractivity contribution in [3.8, 4) is 0 Å². The summed E-state index contributed by atoms with van der Waals surface area (Å²) in [4.78, 5) is 4.82. The van der Waals surface area contributed by atoms with E-state index in [2.05, 4.69) is 37.7 Å². The second kappa shape index (κ2) is 7.58. The lowest BCUT2D eigenvalue weighted by Gasteiger charge is -2.43. The molecule has 114 valence electrons. The Morgan fingerprint density at radius 1 is 1.32 bits per heavy atom. The first kappa shape index (κ1) is 16.9. The highest BCUT2D eigenvalue weighted by atomic mass is 16.3. The minimum Gasteiger partial charge on any atom is -0.394 e. The van der Waals surface area contributed by atoms with Crippen LogP contribution in [0.3, 0.4) is 0 Å². The molecule has 2 atom stereocenters. The molecular formula is C15H33N3O. The van der Waals surface area contributed by atoms with Gasteiger partial charge < -0.3 is 15.7 Å². The Morgan fingerprint density at radius 3 is 2.53 bits per heavy atom. The fourth-order valence-electron chi connectivity index (χ4n) is 3.04. The molecule has 1 saturated carbocycles. The summed E-state index contributed by atoms with van der Waals surface area (Å²) in [6.45, 7) is 7.96. The number of nitrogens with zero attached hydrogens (tertiary/aromatic N) is 2. The summed E-state index contributed by atoms with van der Waals surface area (Å²) in [7, 11) is 4.24. The Kier molecular flexibility index (Phi) is 6.74. The highest BCUT2D eigenvalue weighted by Crippen LogP contribution is 2.29. The zero-order chi connectivity index (χ0) is 14.5. The maximum Gasteiger partial charge on any atom is 0.0611 e. The topological polar surface area (TPSA) is 52.7 Å². The number of aliphatic hydroxyl groups excluding tert-OH is 1. The molecule has 4 heteroatoms. The number of hydrogen-bond acceptors (Lipinski definition) is 4. The van der Waals surface area contributed by atoms with Gasteiger partial charge in [-0.05, 0) is 45.7 Å². The highest BCUT2D eigenvalue weighted by molar-refractivity contribution is 4.94. The summed E-state index contributed by atoms with van der Waals surface area (Å²) in [5.41, 5.74) is 5.94. The van der Waals surface area contributed by atoms with E-state index >= 15 is 0 Å². The molecule has 1 fully saturated rings. The van der Waals surface area contributed by atoms with Crippen molar-refractivity contribution in [3.63, 3.8) is 0 Å². The molecule has 0 aromatic heterocycles. The van der Waals surface area contributed by atoms with Gasteiger partial charge in [0, 0.05) is 31.2 Å². The van der Waals surface area contributed by atoms with Crippen LogP contribution in [0.1, 0.15) is 39.5 Å². The third-order valence-corrected chi connectivity index (χ3v) is 4.12. The smallest absolute Gasteiger partial charge is 0.0611 e. The van der Waals surface area contributed by atoms with Gasteiger partial charge in [-0.2, -0.15) is 0 Å². The third kappa shape index (κ3) is 5.78. The van der Waals surface area contributed by atoms with Gasteiger partial charge in [0.1, 0.15) is 0 Å². The highest BCUT2D eigenvalue weighted by Gasteiger charge is 2.34. The number of rotatable bonds is 7. The molecule has 0 aliphatic heterocycles. The van der Waals surface area contributed by atoms with E-state index in [0.29, 0.717) is 12.0 Å². The summed E-state index contributed by atoms with van der Waals surface area (Å²) < 4.78 is 0. The van der Waals surface area contributed by atoms with E-state index in [9.17, 15) is 5.11 Å². The standard InChI is InChI=1S/C15H33N3O/c1-13(2)11-18(9-8-17(3)4)14-6-5-7-15(16,10-14)12-19/h13-14,19H,5-12,16H2,1-4H3. The molecule has 0 heterocycles. The predicted octanol–water partition coefficient (Wildman–Crippen LogP) is 1.14. The Balaban J connectivity index is 2.62. The maximum atomic E-state index is 9.50. The number of aliphatic hydroxyl groups is 1. The molecule has 19 heavy (non-hydrogen) atoms. The fraction of sp³-hybridized carbons (Fsp3) is 1.00. The first-order valence-corrected chi connectivity index (χ1v) is 7.65. The lowest BCUT2D eigenvalue weighted by atomic mass is 9.79. The van der Waals surface area contributed by atoms with E-state index < -0.39 is 0 Å². The van der Waals surface area contributed by atoms with Gasteiger partial charge in [-0.25, -0.2) is 0 Å². The van der Waals surface area contributed by atoms with Crippen molar-refractivity contribution < 1.29 is 5.11 Å². The Hall–Kier alpha value is -0.160. The summed E-state index contributed by atoms with van der Waals surface area (Å²) >= 11 is 0. The largest absolute Gasteiger partial charge is 0.394 e. The lowest BCUT2D eigenvalue weighted by Crippen LogP contribution is -2.54. The van der Waals surface area contributed by atoms with E-state index in [0.717, 1.165) is 38.9 Å². The molecule has 0 radical (unpaired) electrons. The van der Waals surface area contributed by atoms with Gasteiger partial charge in [0.2, 0.25) is 0 Å². The molecule has 1 rings (SSSR count). The van der Waals surface area contributed by atoms with Crippen LogP contribution in [0.5, 0.6) is 0 Å². The molecule has 0 saturated heterocycles. The SMILES string of the molecule is CC(C)CN(CCN(C)C)C1CCCC(N)(CO)C1. The third-order valence-electron chi connectivity index (χ3n) is 4.12. The number of hydrogen-bond donors (Lipinski definition) is 2. The monoisotopic (exact) mass is 271 g/mol. The zero-order valence-corrected chi connectivity index (χ0v) is 13.2. The van der Waals surface area contributed by atoms with Crippen molar-refractivity contribution in [1.82, 2.24) is 9.80 Å². The zero-order valence-electron chi connectivity index (χ0n) is 13.2. The second-order valence-corrected chi connectivity index (χ2v) is 6.96. The molecule has 0 spiro atoms. The Morgan fingerprint density at radius 2 is 2.00 bits per heavy atom. The summed E-state index contributed by atoms with van der Waals surface area (Å²) in [5.74, 6) is 0.672. The van der Waals surface area contributed by atoms with Crippen LogP contribution in [-0.4, -0.2) is 66.8 Å². The van der Waals surface area contributed by atoms with E-state index in [-0.39, 0.29) is 12.1 Å². The lowest BCUT2D eigenvalue weighted by molar-refractivity contribution is 0.0703. The molecule has 0 aromatic carbocycles. The molecule has 0 amide bonds. The van der Waals surface area contributed by atoms with Crippen molar-refractivity contribution in [2.45, 2.75) is 51.1 Å². The predicted molar refractivity (Wildman–Crippen MR) is 81.2 cm³/mol. The van der Waals surface area contributed by atoms with Gasteiger partial charge in [0.25, 0.3) is 0 Å². The van der Waals surface area contributed by atoms with Crippen LogP contribution in [0.25, 0.3) is 0 Å². The molecule has 2 unspecified atom stereocenters. The van der Waals surface area contributed by atoms with Crippen LogP contribution in [0.2, 0.25) is 0 Å². The minimum atomic E-state index is -0.351. The molecule has 4 nitrogen and oxygen atoms in total. The van der Waals surface area contributed by atoms with E-state index in [1.165, 1.54) is 6.42 Å². The van der Waals surface area contributed by atoms with Crippen LogP contribution in [-0.2, 0) is 0 Å². The number of nitrogens with two attached hydrogens (primary N) is 1. The van der Waals surface area contributed by atoms with Gasteiger partial charge in [0.15, 0.2) is 0 Å². The first-order chi connectivity index (χ1) is 8.86. The number of likely N-dealkylation sites (N-methyl/N-ethyl adjacent to an activating group) is 1. The Bertz CT molecular complexity index is 258. The molecule has 3 N–H and O–H groups in total.